The normalized spacial score (nSPS) is 16.6. The highest BCUT2D eigenvalue weighted by atomic mass is 79.9. The molecule has 0 bridgehead atoms. The van der Waals surface area contributed by atoms with E-state index < -0.39 is 0 Å². The van der Waals surface area contributed by atoms with E-state index in [4.69, 9.17) is 0 Å². The Kier molecular flexibility index (Phi) is 4.21. The summed E-state index contributed by atoms with van der Waals surface area (Å²) < 4.78 is 0. The largest absolute Gasteiger partial charge is 0.356 e. The van der Waals surface area contributed by atoms with Crippen molar-refractivity contribution in [2.75, 3.05) is 6.54 Å². The van der Waals surface area contributed by atoms with Crippen LogP contribution in [0.5, 0.6) is 0 Å². The van der Waals surface area contributed by atoms with Gasteiger partial charge in [0.15, 0.2) is 0 Å². The number of fused-ring (bicyclic) bond motifs is 1. The molecule has 0 saturated heterocycles. The molecule has 1 aromatic rings. The van der Waals surface area contributed by atoms with Crippen LogP contribution < -0.4 is 5.32 Å². The van der Waals surface area contributed by atoms with Gasteiger partial charge in [-0.2, -0.15) is 0 Å². The first-order chi connectivity index (χ1) is 8.16. The molecule has 3 heteroatoms. The van der Waals surface area contributed by atoms with Gasteiger partial charge in [-0.05, 0) is 30.4 Å². The number of nitrogens with one attached hydrogen (secondary N) is 1. The Hall–Kier alpha value is -0.830. The minimum atomic E-state index is 0.137. The van der Waals surface area contributed by atoms with Gasteiger partial charge in [0.25, 0.3) is 0 Å². The maximum absolute atomic E-state index is 12.0. The molecule has 0 fully saturated rings. The molecule has 92 valence electrons. The number of benzene rings is 1. The zero-order chi connectivity index (χ0) is 12.3. The van der Waals surface area contributed by atoms with E-state index in [1.807, 2.05) is 12.1 Å². The lowest BCUT2D eigenvalue weighted by Crippen LogP contribution is -2.32. The first-order valence-corrected chi connectivity index (χ1v) is 7.07. The van der Waals surface area contributed by atoms with Crippen LogP contribution in [0.4, 0.5) is 0 Å². The van der Waals surface area contributed by atoms with Gasteiger partial charge in [-0.3, -0.25) is 4.79 Å². The number of hydrogen-bond donors (Lipinski definition) is 1. The number of amides is 1. The number of carbonyl (C=O) groups excluding carboxylic acids is 1. The molecule has 0 spiro atoms. The van der Waals surface area contributed by atoms with Crippen LogP contribution in [0.3, 0.4) is 0 Å². The van der Waals surface area contributed by atoms with E-state index in [1.165, 1.54) is 11.1 Å². The monoisotopic (exact) mass is 295 g/mol. The molecule has 1 N–H and O–H groups in total. The maximum atomic E-state index is 12.0. The number of halogens is 1. The predicted molar refractivity (Wildman–Crippen MR) is 73.4 cm³/mol. The van der Waals surface area contributed by atoms with Crippen LogP contribution in [-0.4, -0.2) is 17.3 Å². The third kappa shape index (κ3) is 3.32. The van der Waals surface area contributed by atoms with E-state index in [-0.39, 0.29) is 11.8 Å². The van der Waals surface area contributed by atoms with Crippen LogP contribution in [0.15, 0.2) is 24.3 Å². The van der Waals surface area contributed by atoms with Crippen LogP contribution in [0.1, 0.15) is 24.5 Å². The van der Waals surface area contributed by atoms with Gasteiger partial charge in [-0.25, -0.2) is 0 Å². The molecule has 0 saturated carbocycles. The number of hydrogen-bond acceptors (Lipinski definition) is 1. The molecule has 1 aromatic carbocycles. The number of alkyl halides is 1. The molecule has 0 aliphatic heterocycles. The van der Waals surface area contributed by atoms with Crippen molar-refractivity contribution in [3.8, 4) is 0 Å². The summed E-state index contributed by atoms with van der Waals surface area (Å²) in [4.78, 5) is 12.4. The second-order valence-electron chi connectivity index (χ2n) is 4.73. The average molecular weight is 296 g/mol. The minimum Gasteiger partial charge on any atom is -0.356 e. The Morgan fingerprint density at radius 2 is 2.00 bits per heavy atom. The summed E-state index contributed by atoms with van der Waals surface area (Å²) in [6.07, 6.45) is 2.77. The van der Waals surface area contributed by atoms with Gasteiger partial charge < -0.3 is 5.32 Å². The first-order valence-electron chi connectivity index (χ1n) is 6.15. The molecule has 1 aliphatic carbocycles. The van der Waals surface area contributed by atoms with Crippen molar-refractivity contribution in [1.82, 2.24) is 5.32 Å². The van der Waals surface area contributed by atoms with Gasteiger partial charge in [0.2, 0.25) is 5.91 Å². The summed E-state index contributed by atoms with van der Waals surface area (Å²) in [6.45, 7) is 2.86. The second kappa shape index (κ2) is 5.67. The van der Waals surface area contributed by atoms with Gasteiger partial charge in [-0.1, -0.05) is 47.1 Å². The number of carbonyl (C=O) groups is 1. The van der Waals surface area contributed by atoms with Crippen LogP contribution in [0.25, 0.3) is 0 Å². The molecule has 2 rings (SSSR count). The Bertz CT molecular complexity index is 378. The first kappa shape index (κ1) is 12.6. The highest BCUT2D eigenvalue weighted by Gasteiger charge is 2.26. The molecule has 2 nitrogen and oxygen atoms in total. The van der Waals surface area contributed by atoms with E-state index in [1.54, 1.807) is 0 Å². The van der Waals surface area contributed by atoms with Crippen molar-refractivity contribution >= 4 is 21.8 Å². The fourth-order valence-electron chi connectivity index (χ4n) is 2.28. The summed E-state index contributed by atoms with van der Waals surface area (Å²) in [6, 6.07) is 8.35. The summed E-state index contributed by atoms with van der Waals surface area (Å²) >= 11 is 3.48. The summed E-state index contributed by atoms with van der Waals surface area (Å²) in [5.41, 5.74) is 2.67. The minimum absolute atomic E-state index is 0.137. The molecular formula is C14H18BrNO. The van der Waals surface area contributed by atoms with Crippen molar-refractivity contribution in [1.29, 1.82) is 0 Å². The Morgan fingerprint density at radius 1 is 1.41 bits per heavy atom. The fourth-order valence-corrected chi connectivity index (χ4v) is 2.51. The Balaban J connectivity index is 1.84. The highest BCUT2D eigenvalue weighted by Crippen LogP contribution is 2.26. The second-order valence-corrected chi connectivity index (χ2v) is 6.30. The van der Waals surface area contributed by atoms with Crippen molar-refractivity contribution in [2.24, 2.45) is 5.92 Å². The van der Waals surface area contributed by atoms with Gasteiger partial charge >= 0.3 is 0 Å². The maximum Gasteiger partial charge on any atom is 0.223 e. The van der Waals surface area contributed by atoms with E-state index in [9.17, 15) is 4.79 Å². The lowest BCUT2D eigenvalue weighted by molar-refractivity contribution is -0.124. The van der Waals surface area contributed by atoms with Gasteiger partial charge in [0.1, 0.15) is 0 Å². The molecular weight excluding hydrogens is 278 g/mol. The Labute approximate surface area is 111 Å². The third-order valence-corrected chi connectivity index (χ3v) is 3.72. The van der Waals surface area contributed by atoms with Crippen molar-refractivity contribution in [3.63, 3.8) is 0 Å². The summed E-state index contributed by atoms with van der Waals surface area (Å²) in [5, 5.41) is 3.02. The van der Waals surface area contributed by atoms with Crippen molar-refractivity contribution in [3.05, 3.63) is 35.4 Å². The van der Waals surface area contributed by atoms with Crippen LogP contribution in [0.2, 0.25) is 0 Å². The van der Waals surface area contributed by atoms with Crippen molar-refractivity contribution < 1.29 is 4.79 Å². The van der Waals surface area contributed by atoms with Gasteiger partial charge in [0.05, 0.1) is 0 Å². The molecule has 1 aliphatic rings. The number of rotatable bonds is 4. The van der Waals surface area contributed by atoms with Crippen molar-refractivity contribution in [2.45, 2.75) is 31.0 Å². The molecule has 0 radical (unpaired) electrons. The standard InChI is InChI=1S/C14H18BrNO/c1-10(15)6-7-16-14(17)13-8-11-4-2-3-5-12(11)9-13/h2-5,10,13H,6-9H2,1H3,(H,16,17). The quantitative estimate of drug-likeness (QED) is 0.850. The highest BCUT2D eigenvalue weighted by molar-refractivity contribution is 9.09. The van der Waals surface area contributed by atoms with Crippen LogP contribution >= 0.6 is 15.9 Å². The van der Waals surface area contributed by atoms with E-state index in [2.05, 4.69) is 40.3 Å². The molecule has 0 heterocycles. The molecule has 17 heavy (non-hydrogen) atoms. The third-order valence-electron chi connectivity index (χ3n) is 3.26. The summed E-state index contributed by atoms with van der Waals surface area (Å²) in [7, 11) is 0. The predicted octanol–water partition coefficient (Wildman–Crippen LogP) is 2.69. The van der Waals surface area contributed by atoms with Crippen LogP contribution in [-0.2, 0) is 17.6 Å². The SMILES string of the molecule is CC(Br)CCNC(=O)C1Cc2ccccc2C1. The van der Waals surface area contributed by atoms with Gasteiger partial charge in [0, 0.05) is 17.3 Å². The van der Waals surface area contributed by atoms with Gasteiger partial charge in [-0.15, -0.1) is 0 Å². The molecule has 1 unspecified atom stereocenters. The Morgan fingerprint density at radius 3 is 2.53 bits per heavy atom. The topological polar surface area (TPSA) is 29.1 Å². The van der Waals surface area contributed by atoms with Crippen LogP contribution in [0, 0.1) is 5.92 Å². The van der Waals surface area contributed by atoms with E-state index in [0.29, 0.717) is 4.83 Å². The molecule has 1 amide bonds. The zero-order valence-electron chi connectivity index (χ0n) is 10.1. The zero-order valence-corrected chi connectivity index (χ0v) is 11.7. The molecule has 0 aromatic heterocycles. The lowest BCUT2D eigenvalue weighted by atomic mass is 10.1. The average Bonchev–Trinajstić information content (AvgIpc) is 2.71. The smallest absolute Gasteiger partial charge is 0.223 e. The molecule has 1 atom stereocenters. The van der Waals surface area contributed by atoms with E-state index in [0.717, 1.165) is 25.8 Å². The van der Waals surface area contributed by atoms with E-state index >= 15 is 0 Å². The fraction of sp³-hybridized carbons (Fsp3) is 0.500. The summed E-state index contributed by atoms with van der Waals surface area (Å²) in [5.74, 6) is 0.340. The lowest BCUT2D eigenvalue weighted by Gasteiger charge is -2.10.